The van der Waals surface area contributed by atoms with Crippen molar-refractivity contribution in [2.24, 2.45) is 0 Å². The molecule has 0 aliphatic carbocycles. The Balaban J connectivity index is 2.19. The highest BCUT2D eigenvalue weighted by Crippen LogP contribution is 2.28. The third kappa shape index (κ3) is 2.75. The van der Waals surface area contributed by atoms with E-state index in [-0.39, 0.29) is 11.6 Å². The molecule has 21 heavy (non-hydrogen) atoms. The Morgan fingerprint density at radius 2 is 2.00 bits per heavy atom. The molecule has 1 aromatic heterocycles. The Kier molecular flexibility index (Phi) is 3.62. The maximum atomic E-state index is 13.5. The van der Waals surface area contributed by atoms with Gasteiger partial charge in [-0.3, -0.25) is 9.36 Å². The summed E-state index contributed by atoms with van der Waals surface area (Å²) < 4.78 is 15.3. The topological polar surface area (TPSA) is 55.1 Å². The van der Waals surface area contributed by atoms with Crippen molar-refractivity contribution in [2.45, 2.75) is 5.16 Å². The van der Waals surface area contributed by atoms with Gasteiger partial charge in [0, 0.05) is 11.8 Å². The van der Waals surface area contributed by atoms with Crippen LogP contribution in [0.15, 0.2) is 53.7 Å². The summed E-state index contributed by atoms with van der Waals surface area (Å²) in [5.74, 6) is -1.37. The van der Waals surface area contributed by atoms with Gasteiger partial charge >= 0.3 is 5.97 Å². The fourth-order valence-corrected chi connectivity index (χ4v) is 2.82. The summed E-state index contributed by atoms with van der Waals surface area (Å²) in [6.45, 7) is 0. The lowest BCUT2D eigenvalue weighted by molar-refractivity contribution is -0.133. The summed E-state index contributed by atoms with van der Waals surface area (Å²) in [5.41, 5.74) is 2.07. The monoisotopic (exact) mass is 302 g/mol. The Labute approximate surface area is 124 Å². The number of imidazole rings is 1. The number of hydrogen-bond acceptors (Lipinski definition) is 3. The molecule has 0 bridgehead atoms. The first kappa shape index (κ1) is 13.6. The first-order chi connectivity index (χ1) is 10.1. The normalized spacial score (nSPS) is 10.9. The molecule has 0 atom stereocenters. The number of aliphatic carboxylic acids is 1. The summed E-state index contributed by atoms with van der Waals surface area (Å²) >= 11 is 1.11. The number of rotatable bonds is 4. The van der Waals surface area contributed by atoms with E-state index >= 15 is 0 Å². The van der Waals surface area contributed by atoms with Gasteiger partial charge in [-0.1, -0.05) is 30.0 Å². The van der Waals surface area contributed by atoms with Gasteiger partial charge in [0.25, 0.3) is 0 Å². The number of aromatic nitrogens is 2. The van der Waals surface area contributed by atoms with E-state index in [0.29, 0.717) is 16.2 Å². The van der Waals surface area contributed by atoms with Crippen LogP contribution in [0.5, 0.6) is 0 Å². The van der Waals surface area contributed by atoms with Crippen molar-refractivity contribution in [3.8, 4) is 5.69 Å². The Morgan fingerprint density at radius 3 is 2.71 bits per heavy atom. The van der Waals surface area contributed by atoms with Crippen LogP contribution in [0.3, 0.4) is 0 Å². The van der Waals surface area contributed by atoms with Gasteiger partial charge in [-0.05, 0) is 24.3 Å². The predicted molar refractivity (Wildman–Crippen MR) is 79.4 cm³/mol. The number of para-hydroxylation sites is 1. The summed E-state index contributed by atoms with van der Waals surface area (Å²) in [6, 6.07) is 13.7. The van der Waals surface area contributed by atoms with E-state index in [1.807, 2.05) is 30.3 Å². The minimum atomic E-state index is -0.919. The van der Waals surface area contributed by atoms with Gasteiger partial charge in [0.2, 0.25) is 0 Å². The predicted octanol–water partition coefficient (Wildman–Crippen LogP) is 3.34. The molecule has 3 aromatic rings. The smallest absolute Gasteiger partial charge is 0.313 e. The van der Waals surface area contributed by atoms with Crippen LogP contribution < -0.4 is 0 Å². The fourth-order valence-electron chi connectivity index (χ4n) is 2.08. The first-order valence-corrected chi connectivity index (χ1v) is 7.22. The van der Waals surface area contributed by atoms with Crippen LogP contribution in [-0.4, -0.2) is 26.4 Å². The zero-order chi connectivity index (χ0) is 14.8. The molecule has 6 heteroatoms. The van der Waals surface area contributed by atoms with Gasteiger partial charge in [-0.15, -0.1) is 0 Å². The minimum Gasteiger partial charge on any atom is -0.481 e. The van der Waals surface area contributed by atoms with Crippen molar-refractivity contribution in [1.29, 1.82) is 0 Å². The molecule has 4 nitrogen and oxygen atoms in total. The number of fused-ring (bicyclic) bond motifs is 1. The lowest BCUT2D eigenvalue weighted by atomic mass is 10.3. The molecule has 0 spiro atoms. The maximum Gasteiger partial charge on any atom is 0.313 e. The summed E-state index contributed by atoms with van der Waals surface area (Å²) in [4.78, 5) is 15.2. The summed E-state index contributed by atoms with van der Waals surface area (Å²) in [6.07, 6.45) is 0. The number of carboxylic acids is 1. The van der Waals surface area contributed by atoms with Crippen LogP contribution in [0, 0.1) is 5.82 Å². The second-order valence-electron chi connectivity index (χ2n) is 4.38. The first-order valence-electron chi connectivity index (χ1n) is 6.23. The Hall–Kier alpha value is -2.34. The molecule has 1 heterocycles. The van der Waals surface area contributed by atoms with Crippen LogP contribution in [0.25, 0.3) is 16.7 Å². The SMILES string of the molecule is O=C(O)CSc1nc2ccc(F)cc2n1-c1ccccc1. The molecule has 0 saturated carbocycles. The van der Waals surface area contributed by atoms with Gasteiger partial charge in [0.05, 0.1) is 16.8 Å². The second-order valence-corrected chi connectivity index (χ2v) is 5.32. The molecule has 0 aliphatic rings. The molecule has 0 amide bonds. The molecule has 3 rings (SSSR count). The van der Waals surface area contributed by atoms with Gasteiger partial charge < -0.3 is 5.11 Å². The van der Waals surface area contributed by atoms with Crippen molar-refractivity contribution in [3.05, 3.63) is 54.3 Å². The van der Waals surface area contributed by atoms with E-state index in [9.17, 15) is 9.18 Å². The summed E-state index contributed by atoms with van der Waals surface area (Å²) in [7, 11) is 0. The molecule has 2 aromatic carbocycles. The lowest BCUT2D eigenvalue weighted by Gasteiger charge is -2.08. The number of carbonyl (C=O) groups is 1. The van der Waals surface area contributed by atoms with Crippen molar-refractivity contribution in [1.82, 2.24) is 9.55 Å². The number of thioether (sulfide) groups is 1. The number of carboxylic acid groups (broad SMARTS) is 1. The number of benzene rings is 2. The third-order valence-electron chi connectivity index (χ3n) is 2.92. The minimum absolute atomic E-state index is 0.0986. The highest BCUT2D eigenvalue weighted by molar-refractivity contribution is 7.99. The van der Waals surface area contributed by atoms with Crippen LogP contribution in [-0.2, 0) is 4.79 Å². The standard InChI is InChI=1S/C15H11FN2O2S/c16-10-6-7-12-13(8-10)18(11-4-2-1-3-5-11)15(17-12)21-9-14(19)20/h1-8H,9H2,(H,19,20). The third-order valence-corrected chi connectivity index (χ3v) is 3.85. The van der Waals surface area contributed by atoms with E-state index in [1.54, 1.807) is 10.6 Å². The molecule has 106 valence electrons. The van der Waals surface area contributed by atoms with Gasteiger partial charge in [0.15, 0.2) is 5.16 Å². The Morgan fingerprint density at radius 1 is 1.24 bits per heavy atom. The van der Waals surface area contributed by atoms with Crippen LogP contribution in [0.1, 0.15) is 0 Å². The summed E-state index contributed by atoms with van der Waals surface area (Å²) in [5, 5.41) is 9.37. The number of hydrogen-bond donors (Lipinski definition) is 1. The van der Waals surface area contributed by atoms with Gasteiger partial charge in [-0.2, -0.15) is 0 Å². The van der Waals surface area contributed by atoms with Crippen molar-refractivity contribution in [3.63, 3.8) is 0 Å². The highest BCUT2D eigenvalue weighted by atomic mass is 32.2. The highest BCUT2D eigenvalue weighted by Gasteiger charge is 2.14. The molecular formula is C15H11FN2O2S. The molecule has 0 radical (unpaired) electrons. The molecule has 1 N–H and O–H groups in total. The molecule has 0 fully saturated rings. The second kappa shape index (κ2) is 5.57. The van der Waals surface area contributed by atoms with Crippen LogP contribution >= 0.6 is 11.8 Å². The van der Waals surface area contributed by atoms with Crippen LogP contribution in [0.2, 0.25) is 0 Å². The molecule has 0 saturated heterocycles. The van der Waals surface area contributed by atoms with E-state index < -0.39 is 5.97 Å². The lowest BCUT2D eigenvalue weighted by Crippen LogP contribution is -2.01. The van der Waals surface area contributed by atoms with E-state index in [0.717, 1.165) is 17.4 Å². The van der Waals surface area contributed by atoms with Crippen molar-refractivity contribution < 1.29 is 14.3 Å². The average molecular weight is 302 g/mol. The quantitative estimate of drug-likeness (QED) is 0.751. The van der Waals surface area contributed by atoms with E-state index in [2.05, 4.69) is 4.98 Å². The number of nitrogens with zero attached hydrogens (tertiary/aromatic N) is 2. The zero-order valence-electron chi connectivity index (χ0n) is 10.9. The molecular weight excluding hydrogens is 291 g/mol. The fraction of sp³-hybridized carbons (Fsp3) is 0.0667. The maximum absolute atomic E-state index is 13.5. The van der Waals surface area contributed by atoms with E-state index in [4.69, 9.17) is 5.11 Å². The van der Waals surface area contributed by atoms with Gasteiger partial charge in [-0.25, -0.2) is 9.37 Å². The molecule has 0 unspecified atom stereocenters. The van der Waals surface area contributed by atoms with Crippen molar-refractivity contribution in [2.75, 3.05) is 5.75 Å². The average Bonchev–Trinajstić information content (AvgIpc) is 2.83. The van der Waals surface area contributed by atoms with Gasteiger partial charge in [0.1, 0.15) is 5.82 Å². The Bertz CT molecular complexity index is 802. The van der Waals surface area contributed by atoms with Crippen LogP contribution in [0.4, 0.5) is 4.39 Å². The van der Waals surface area contributed by atoms with E-state index in [1.165, 1.54) is 12.1 Å². The largest absolute Gasteiger partial charge is 0.481 e. The van der Waals surface area contributed by atoms with Crippen molar-refractivity contribution >= 4 is 28.8 Å². The zero-order valence-corrected chi connectivity index (χ0v) is 11.7. The number of halogens is 1. The molecule has 0 aliphatic heterocycles.